The van der Waals surface area contributed by atoms with Crippen molar-refractivity contribution >= 4 is 28.2 Å². The van der Waals surface area contributed by atoms with Gasteiger partial charge in [0.15, 0.2) is 0 Å². The summed E-state index contributed by atoms with van der Waals surface area (Å²) in [6.07, 6.45) is 3.55. The van der Waals surface area contributed by atoms with Crippen molar-refractivity contribution in [3.63, 3.8) is 0 Å². The molecule has 0 atom stereocenters. The molecule has 2 rings (SSSR count). The molecule has 72 valence electrons. The van der Waals surface area contributed by atoms with E-state index >= 15 is 0 Å². The van der Waals surface area contributed by atoms with Crippen LogP contribution in [0.3, 0.4) is 0 Å². The third kappa shape index (κ3) is 2.43. The Hall–Kier alpha value is -1.14. The minimum absolute atomic E-state index is 0.523. The van der Waals surface area contributed by atoms with Crippen LogP contribution in [0.25, 0.3) is 0 Å². The van der Waals surface area contributed by atoms with Gasteiger partial charge in [0.05, 0.1) is 5.75 Å². The van der Waals surface area contributed by atoms with Gasteiger partial charge in [0.25, 0.3) is 0 Å². The van der Waals surface area contributed by atoms with Gasteiger partial charge in [-0.25, -0.2) is 0 Å². The Bertz CT molecular complexity index is 401. The molecule has 0 amide bonds. The van der Waals surface area contributed by atoms with Gasteiger partial charge in [-0.2, -0.15) is 0 Å². The molecule has 0 aliphatic heterocycles. The molecule has 0 saturated heterocycles. The highest BCUT2D eigenvalue weighted by Gasteiger charge is 2.01. The molecular formula is C8H8N4S2. The highest BCUT2D eigenvalue weighted by molar-refractivity contribution is 7.98. The fourth-order valence-corrected chi connectivity index (χ4v) is 2.38. The predicted octanol–water partition coefficient (Wildman–Crippen LogP) is 1.81. The first-order valence-corrected chi connectivity index (χ1v) is 5.75. The van der Waals surface area contributed by atoms with Gasteiger partial charge in [0.1, 0.15) is 5.01 Å². The van der Waals surface area contributed by atoms with Crippen molar-refractivity contribution in [2.75, 3.05) is 5.73 Å². The van der Waals surface area contributed by atoms with E-state index in [1.54, 1.807) is 24.2 Å². The quantitative estimate of drug-likeness (QED) is 0.805. The molecule has 4 nitrogen and oxygen atoms in total. The summed E-state index contributed by atoms with van der Waals surface area (Å²) in [6.45, 7) is 0. The highest BCUT2D eigenvalue weighted by Crippen LogP contribution is 2.23. The highest BCUT2D eigenvalue weighted by atomic mass is 32.2. The Kier molecular flexibility index (Phi) is 2.95. The zero-order chi connectivity index (χ0) is 9.80. The van der Waals surface area contributed by atoms with Gasteiger partial charge in [-0.15, -0.1) is 22.0 Å². The van der Waals surface area contributed by atoms with E-state index in [2.05, 4.69) is 15.2 Å². The molecule has 0 spiro atoms. The first-order valence-electron chi connectivity index (χ1n) is 3.95. The minimum atomic E-state index is 0.523. The average Bonchev–Trinajstić information content (AvgIpc) is 2.63. The lowest BCUT2D eigenvalue weighted by Crippen LogP contribution is -1.81. The molecule has 0 aliphatic rings. The van der Waals surface area contributed by atoms with Crippen molar-refractivity contribution in [2.45, 2.75) is 10.6 Å². The summed E-state index contributed by atoms with van der Waals surface area (Å²) in [5.74, 6) is 0.804. The number of anilines is 1. The molecular weight excluding hydrogens is 216 g/mol. The summed E-state index contributed by atoms with van der Waals surface area (Å²) in [7, 11) is 0. The molecule has 0 radical (unpaired) electrons. The zero-order valence-electron chi connectivity index (χ0n) is 7.25. The van der Waals surface area contributed by atoms with Gasteiger partial charge in [-0.05, 0) is 12.1 Å². The minimum Gasteiger partial charge on any atom is -0.374 e. The van der Waals surface area contributed by atoms with Gasteiger partial charge in [-0.3, -0.25) is 4.98 Å². The molecule has 2 heterocycles. The predicted molar refractivity (Wildman–Crippen MR) is 58.1 cm³/mol. The van der Waals surface area contributed by atoms with Gasteiger partial charge < -0.3 is 5.73 Å². The number of thioether (sulfide) groups is 1. The Labute approximate surface area is 89.6 Å². The number of hydrogen-bond donors (Lipinski definition) is 1. The van der Waals surface area contributed by atoms with Crippen molar-refractivity contribution < 1.29 is 0 Å². The van der Waals surface area contributed by atoms with Crippen molar-refractivity contribution in [2.24, 2.45) is 0 Å². The van der Waals surface area contributed by atoms with Crippen molar-refractivity contribution in [1.29, 1.82) is 0 Å². The standard InChI is InChI=1S/C8H8N4S2/c9-8-12-11-7(14-8)5-13-6-1-3-10-4-2-6/h1-4H,5H2,(H2,9,12). The van der Waals surface area contributed by atoms with Crippen LogP contribution in [0, 0.1) is 0 Å². The number of nitrogens with two attached hydrogens (primary N) is 1. The lowest BCUT2D eigenvalue weighted by Gasteiger charge is -1.96. The second kappa shape index (κ2) is 4.39. The Balaban J connectivity index is 1.95. The smallest absolute Gasteiger partial charge is 0.203 e. The van der Waals surface area contributed by atoms with Crippen molar-refractivity contribution in [3.8, 4) is 0 Å². The van der Waals surface area contributed by atoms with E-state index in [1.807, 2.05) is 12.1 Å². The lowest BCUT2D eigenvalue weighted by atomic mass is 10.5. The van der Waals surface area contributed by atoms with Gasteiger partial charge in [-0.1, -0.05) is 11.3 Å². The number of aromatic nitrogens is 3. The normalized spacial score (nSPS) is 10.3. The van der Waals surface area contributed by atoms with Crippen LogP contribution in [-0.4, -0.2) is 15.2 Å². The summed E-state index contributed by atoms with van der Waals surface area (Å²) in [5, 5.41) is 9.16. The molecule has 2 aromatic heterocycles. The van der Waals surface area contributed by atoms with Gasteiger partial charge in [0, 0.05) is 17.3 Å². The maximum Gasteiger partial charge on any atom is 0.203 e. The summed E-state index contributed by atoms with van der Waals surface area (Å²) >= 11 is 3.13. The lowest BCUT2D eigenvalue weighted by molar-refractivity contribution is 1.05. The van der Waals surface area contributed by atoms with E-state index in [4.69, 9.17) is 5.73 Å². The number of nitrogens with zero attached hydrogens (tertiary/aromatic N) is 3. The third-order valence-corrected chi connectivity index (χ3v) is 3.45. The molecule has 0 aromatic carbocycles. The van der Waals surface area contributed by atoms with E-state index in [0.717, 1.165) is 10.8 Å². The van der Waals surface area contributed by atoms with Crippen LogP contribution in [0.2, 0.25) is 0 Å². The Morgan fingerprint density at radius 3 is 2.71 bits per heavy atom. The van der Waals surface area contributed by atoms with Crippen LogP contribution < -0.4 is 5.73 Å². The number of rotatable bonds is 3. The molecule has 14 heavy (non-hydrogen) atoms. The molecule has 0 unspecified atom stereocenters. The molecule has 2 aromatic rings. The molecule has 2 N–H and O–H groups in total. The summed E-state index contributed by atoms with van der Waals surface area (Å²) in [5.41, 5.74) is 5.47. The maximum absolute atomic E-state index is 5.47. The van der Waals surface area contributed by atoms with E-state index in [1.165, 1.54) is 16.2 Å². The number of pyridine rings is 1. The summed E-state index contributed by atoms with van der Waals surface area (Å²) < 4.78 is 0. The van der Waals surface area contributed by atoms with Crippen molar-refractivity contribution in [1.82, 2.24) is 15.2 Å². The number of nitrogen functional groups attached to an aromatic ring is 1. The molecule has 0 bridgehead atoms. The zero-order valence-corrected chi connectivity index (χ0v) is 8.88. The van der Waals surface area contributed by atoms with E-state index < -0.39 is 0 Å². The Morgan fingerprint density at radius 1 is 1.29 bits per heavy atom. The van der Waals surface area contributed by atoms with Crippen molar-refractivity contribution in [3.05, 3.63) is 29.5 Å². The fraction of sp³-hybridized carbons (Fsp3) is 0.125. The van der Waals surface area contributed by atoms with E-state index in [-0.39, 0.29) is 0 Å². The second-order valence-corrected chi connectivity index (χ2v) is 4.65. The molecule has 0 aliphatic carbocycles. The van der Waals surface area contributed by atoms with Crippen LogP contribution in [-0.2, 0) is 5.75 Å². The second-order valence-electron chi connectivity index (χ2n) is 2.51. The molecule has 6 heteroatoms. The van der Waals surface area contributed by atoms with E-state index in [9.17, 15) is 0 Å². The summed E-state index contributed by atoms with van der Waals surface area (Å²) in [4.78, 5) is 5.12. The fourth-order valence-electron chi connectivity index (χ4n) is 0.904. The Morgan fingerprint density at radius 2 is 2.07 bits per heavy atom. The van der Waals surface area contributed by atoms with Crippen LogP contribution >= 0.6 is 23.1 Å². The van der Waals surface area contributed by atoms with Crippen LogP contribution in [0.1, 0.15) is 5.01 Å². The SMILES string of the molecule is Nc1nnc(CSc2ccncc2)s1. The topological polar surface area (TPSA) is 64.7 Å². The van der Waals surface area contributed by atoms with E-state index in [0.29, 0.717) is 5.13 Å². The maximum atomic E-state index is 5.47. The van der Waals surface area contributed by atoms with Crippen LogP contribution in [0.5, 0.6) is 0 Å². The monoisotopic (exact) mass is 224 g/mol. The molecule has 0 fully saturated rings. The molecule has 0 saturated carbocycles. The van der Waals surface area contributed by atoms with Crippen LogP contribution in [0.15, 0.2) is 29.4 Å². The van der Waals surface area contributed by atoms with Crippen LogP contribution in [0.4, 0.5) is 5.13 Å². The number of hydrogen-bond acceptors (Lipinski definition) is 6. The first-order chi connectivity index (χ1) is 6.84. The first kappa shape index (κ1) is 9.42. The average molecular weight is 224 g/mol. The van der Waals surface area contributed by atoms with Gasteiger partial charge in [0.2, 0.25) is 5.13 Å². The summed E-state index contributed by atoms with van der Waals surface area (Å²) in [6, 6.07) is 3.93. The third-order valence-electron chi connectivity index (χ3n) is 1.49. The van der Waals surface area contributed by atoms with Gasteiger partial charge >= 0.3 is 0 Å². The largest absolute Gasteiger partial charge is 0.374 e.